The molecule has 0 unspecified atom stereocenters. The van der Waals surface area contributed by atoms with Gasteiger partial charge in [-0.3, -0.25) is 4.79 Å². The van der Waals surface area contributed by atoms with E-state index in [1.54, 1.807) is 6.26 Å². The van der Waals surface area contributed by atoms with Gasteiger partial charge in [0.1, 0.15) is 5.58 Å². The van der Waals surface area contributed by atoms with Crippen molar-refractivity contribution in [3.63, 3.8) is 0 Å². The van der Waals surface area contributed by atoms with Crippen LogP contribution in [0.15, 0.2) is 34.9 Å². The summed E-state index contributed by atoms with van der Waals surface area (Å²) < 4.78 is 5.49. The smallest absolute Gasteiger partial charge is 0.223 e. The van der Waals surface area contributed by atoms with Gasteiger partial charge in [-0.05, 0) is 18.9 Å². The number of rotatable bonds is 5. The van der Waals surface area contributed by atoms with Crippen LogP contribution in [0.4, 0.5) is 0 Å². The van der Waals surface area contributed by atoms with E-state index in [-0.39, 0.29) is 5.91 Å². The molecule has 2 heterocycles. The average Bonchev–Trinajstić information content (AvgIpc) is 3.13. The first-order valence-corrected chi connectivity index (χ1v) is 7.28. The van der Waals surface area contributed by atoms with Crippen molar-refractivity contribution in [3.8, 4) is 0 Å². The minimum atomic E-state index is 0.270. The lowest BCUT2D eigenvalue weighted by Gasteiger charge is -2.15. The van der Waals surface area contributed by atoms with Crippen molar-refractivity contribution in [2.45, 2.75) is 25.8 Å². The van der Waals surface area contributed by atoms with E-state index in [0.717, 1.165) is 55.6 Å². The van der Waals surface area contributed by atoms with Gasteiger partial charge in [0.05, 0.1) is 6.26 Å². The molecule has 2 aromatic rings. The third-order valence-corrected chi connectivity index (χ3v) is 3.85. The molecule has 0 atom stereocenters. The minimum absolute atomic E-state index is 0.270. The lowest BCUT2D eigenvalue weighted by molar-refractivity contribution is -0.130. The number of benzene rings is 1. The van der Waals surface area contributed by atoms with E-state index in [2.05, 4.69) is 11.4 Å². The Morgan fingerprint density at radius 2 is 2.05 bits per heavy atom. The maximum absolute atomic E-state index is 11.9. The quantitative estimate of drug-likeness (QED) is 0.851. The largest absolute Gasteiger partial charge is 0.464 e. The molecule has 0 aliphatic carbocycles. The molecule has 3 rings (SSSR count). The standard InChI is InChI=1S/C16H20N2O2/c19-16(18-9-3-4-10-18)7-8-17-11-13-12-20-15-6-2-1-5-14(13)15/h1-2,5-6,12,17H,3-4,7-11H2. The highest BCUT2D eigenvalue weighted by Crippen LogP contribution is 2.20. The number of carbonyl (C=O) groups excluding carboxylic acids is 1. The van der Waals surface area contributed by atoms with Crippen LogP contribution in [-0.4, -0.2) is 30.4 Å². The van der Waals surface area contributed by atoms with Gasteiger partial charge < -0.3 is 14.6 Å². The number of amides is 1. The van der Waals surface area contributed by atoms with Crippen LogP contribution in [-0.2, 0) is 11.3 Å². The van der Waals surface area contributed by atoms with Crippen molar-refractivity contribution in [2.24, 2.45) is 0 Å². The highest BCUT2D eigenvalue weighted by Gasteiger charge is 2.16. The van der Waals surface area contributed by atoms with Crippen LogP contribution in [0, 0.1) is 0 Å². The molecule has 20 heavy (non-hydrogen) atoms. The Kier molecular flexibility index (Phi) is 4.02. The molecule has 0 radical (unpaired) electrons. The maximum Gasteiger partial charge on any atom is 0.223 e. The van der Waals surface area contributed by atoms with Gasteiger partial charge in [0, 0.05) is 43.5 Å². The molecule has 1 amide bonds. The van der Waals surface area contributed by atoms with Crippen LogP contribution in [0.25, 0.3) is 11.0 Å². The van der Waals surface area contributed by atoms with Crippen LogP contribution in [0.2, 0.25) is 0 Å². The van der Waals surface area contributed by atoms with Gasteiger partial charge in [-0.2, -0.15) is 0 Å². The molecule has 0 spiro atoms. The van der Waals surface area contributed by atoms with Gasteiger partial charge in [-0.15, -0.1) is 0 Å². The highest BCUT2D eigenvalue weighted by atomic mass is 16.3. The summed E-state index contributed by atoms with van der Waals surface area (Å²) in [4.78, 5) is 13.9. The molecule has 1 aromatic heterocycles. The first-order chi connectivity index (χ1) is 9.84. The third-order valence-electron chi connectivity index (χ3n) is 3.85. The summed E-state index contributed by atoms with van der Waals surface area (Å²) in [6.45, 7) is 3.33. The van der Waals surface area contributed by atoms with E-state index in [0.29, 0.717) is 6.42 Å². The molecule has 1 aromatic carbocycles. The lowest BCUT2D eigenvalue weighted by atomic mass is 10.2. The van der Waals surface area contributed by atoms with Gasteiger partial charge >= 0.3 is 0 Å². The molecule has 106 valence electrons. The Bertz CT molecular complexity index is 585. The van der Waals surface area contributed by atoms with Gasteiger partial charge in [0.15, 0.2) is 0 Å². The van der Waals surface area contributed by atoms with E-state index in [1.807, 2.05) is 23.1 Å². The SMILES string of the molecule is O=C(CCNCc1coc2ccccc12)N1CCCC1. The molecule has 1 aliphatic heterocycles. The summed E-state index contributed by atoms with van der Waals surface area (Å²) in [6, 6.07) is 8.01. The second-order valence-corrected chi connectivity index (χ2v) is 5.27. The van der Waals surface area contributed by atoms with Crippen LogP contribution in [0.1, 0.15) is 24.8 Å². The third kappa shape index (κ3) is 2.85. The molecular formula is C16H20N2O2. The molecule has 1 saturated heterocycles. The van der Waals surface area contributed by atoms with E-state index in [1.165, 1.54) is 0 Å². The van der Waals surface area contributed by atoms with Crippen molar-refractivity contribution in [1.82, 2.24) is 10.2 Å². The summed E-state index contributed by atoms with van der Waals surface area (Å²) in [7, 11) is 0. The summed E-state index contributed by atoms with van der Waals surface area (Å²) in [5.74, 6) is 0.270. The first-order valence-electron chi connectivity index (χ1n) is 7.28. The van der Waals surface area contributed by atoms with Crippen LogP contribution in [0.5, 0.6) is 0 Å². The zero-order valence-corrected chi connectivity index (χ0v) is 11.6. The van der Waals surface area contributed by atoms with Crippen LogP contribution < -0.4 is 5.32 Å². The van der Waals surface area contributed by atoms with Gasteiger partial charge in [0.2, 0.25) is 5.91 Å². The van der Waals surface area contributed by atoms with Crippen LogP contribution in [0.3, 0.4) is 0 Å². The number of carbonyl (C=O) groups is 1. The number of nitrogens with one attached hydrogen (secondary N) is 1. The normalized spacial score (nSPS) is 15.1. The summed E-state index contributed by atoms with van der Waals surface area (Å²) in [5.41, 5.74) is 2.06. The fourth-order valence-corrected chi connectivity index (χ4v) is 2.71. The molecule has 4 heteroatoms. The second kappa shape index (κ2) is 6.09. The van der Waals surface area contributed by atoms with Gasteiger partial charge in [0.25, 0.3) is 0 Å². The van der Waals surface area contributed by atoms with Crippen molar-refractivity contribution in [1.29, 1.82) is 0 Å². The maximum atomic E-state index is 11.9. The molecule has 0 saturated carbocycles. The Hall–Kier alpha value is -1.81. The molecule has 1 N–H and O–H groups in total. The van der Waals surface area contributed by atoms with E-state index < -0.39 is 0 Å². The number of likely N-dealkylation sites (tertiary alicyclic amines) is 1. The van der Waals surface area contributed by atoms with Crippen molar-refractivity contribution in [2.75, 3.05) is 19.6 Å². The summed E-state index contributed by atoms with van der Waals surface area (Å²) in [5, 5.41) is 4.47. The predicted molar refractivity (Wildman–Crippen MR) is 78.4 cm³/mol. The lowest BCUT2D eigenvalue weighted by Crippen LogP contribution is -2.30. The highest BCUT2D eigenvalue weighted by molar-refractivity contribution is 5.80. The van der Waals surface area contributed by atoms with E-state index in [9.17, 15) is 4.79 Å². The number of para-hydroxylation sites is 1. The average molecular weight is 272 g/mol. The number of hydrogen-bond acceptors (Lipinski definition) is 3. The Balaban J connectivity index is 1.47. The van der Waals surface area contributed by atoms with Crippen LogP contribution >= 0.6 is 0 Å². The zero-order chi connectivity index (χ0) is 13.8. The molecule has 1 fully saturated rings. The topological polar surface area (TPSA) is 45.5 Å². The summed E-state index contributed by atoms with van der Waals surface area (Å²) in [6.07, 6.45) is 4.68. The Morgan fingerprint density at radius 3 is 2.90 bits per heavy atom. The fourth-order valence-electron chi connectivity index (χ4n) is 2.71. The minimum Gasteiger partial charge on any atom is -0.464 e. The number of fused-ring (bicyclic) bond motifs is 1. The number of furan rings is 1. The van der Waals surface area contributed by atoms with Gasteiger partial charge in [-0.25, -0.2) is 0 Å². The van der Waals surface area contributed by atoms with E-state index >= 15 is 0 Å². The monoisotopic (exact) mass is 272 g/mol. The zero-order valence-electron chi connectivity index (χ0n) is 11.6. The Labute approximate surface area is 118 Å². The first kappa shape index (κ1) is 13.2. The molecule has 1 aliphatic rings. The van der Waals surface area contributed by atoms with Crippen molar-refractivity contribution >= 4 is 16.9 Å². The van der Waals surface area contributed by atoms with Crippen molar-refractivity contribution in [3.05, 3.63) is 36.1 Å². The Morgan fingerprint density at radius 1 is 1.25 bits per heavy atom. The number of nitrogens with zero attached hydrogens (tertiary/aromatic N) is 1. The molecular weight excluding hydrogens is 252 g/mol. The van der Waals surface area contributed by atoms with Gasteiger partial charge in [-0.1, -0.05) is 18.2 Å². The second-order valence-electron chi connectivity index (χ2n) is 5.27. The predicted octanol–water partition coefficient (Wildman–Crippen LogP) is 2.53. The van der Waals surface area contributed by atoms with E-state index in [4.69, 9.17) is 4.42 Å². The molecule has 0 bridgehead atoms. The summed E-state index contributed by atoms with van der Waals surface area (Å²) >= 11 is 0. The van der Waals surface area contributed by atoms with Crippen molar-refractivity contribution < 1.29 is 9.21 Å². The fraction of sp³-hybridized carbons (Fsp3) is 0.438. The number of hydrogen-bond donors (Lipinski definition) is 1. The molecule has 4 nitrogen and oxygen atoms in total.